The minimum Gasteiger partial charge on any atom is -0.480 e. The van der Waals surface area contributed by atoms with Gasteiger partial charge in [0.1, 0.15) is 5.41 Å². The van der Waals surface area contributed by atoms with Crippen molar-refractivity contribution in [2.75, 3.05) is 0 Å². The Balaban J connectivity index is 1.93. The van der Waals surface area contributed by atoms with Crippen LogP contribution < -0.4 is 5.32 Å². The van der Waals surface area contributed by atoms with Crippen LogP contribution in [-0.2, 0) is 9.59 Å². The second-order valence-corrected chi connectivity index (χ2v) is 5.37. The Bertz CT molecular complexity index is 307. The third-order valence-corrected chi connectivity index (χ3v) is 3.64. The van der Waals surface area contributed by atoms with Crippen LogP contribution in [-0.4, -0.2) is 23.0 Å². The number of amides is 1. The van der Waals surface area contributed by atoms with Crippen molar-refractivity contribution in [2.24, 2.45) is 11.3 Å². The fourth-order valence-corrected chi connectivity index (χ4v) is 1.79. The highest BCUT2D eigenvalue weighted by molar-refractivity contribution is 6.01. The number of carboxylic acid groups (broad SMARTS) is 1. The van der Waals surface area contributed by atoms with E-state index < -0.39 is 11.4 Å². The number of carboxylic acids is 1. The van der Waals surface area contributed by atoms with Gasteiger partial charge in [-0.25, -0.2) is 0 Å². The van der Waals surface area contributed by atoms with Gasteiger partial charge in [-0.2, -0.15) is 0 Å². The van der Waals surface area contributed by atoms with Crippen molar-refractivity contribution >= 4 is 11.9 Å². The van der Waals surface area contributed by atoms with Gasteiger partial charge in [-0.15, -0.1) is 0 Å². The van der Waals surface area contributed by atoms with Crippen molar-refractivity contribution in [3.05, 3.63) is 0 Å². The van der Waals surface area contributed by atoms with Crippen molar-refractivity contribution in [3.63, 3.8) is 0 Å². The SMILES string of the molecule is CC(CCC1CC1)(C(=O)O)C(=O)NC1CC1. The quantitative estimate of drug-likeness (QED) is 0.674. The van der Waals surface area contributed by atoms with Gasteiger partial charge in [0, 0.05) is 6.04 Å². The topological polar surface area (TPSA) is 66.4 Å². The lowest BCUT2D eigenvalue weighted by Crippen LogP contribution is -2.45. The smallest absolute Gasteiger partial charge is 0.318 e. The fourth-order valence-electron chi connectivity index (χ4n) is 1.79. The van der Waals surface area contributed by atoms with Crippen molar-refractivity contribution < 1.29 is 14.7 Å². The van der Waals surface area contributed by atoms with Crippen molar-refractivity contribution in [1.29, 1.82) is 0 Å². The second kappa shape index (κ2) is 4.07. The standard InChI is InChI=1S/C12H19NO3/c1-12(11(15)16,7-6-8-2-3-8)10(14)13-9-4-5-9/h8-9H,2-7H2,1H3,(H,13,14)(H,15,16). The Morgan fingerprint density at radius 2 is 1.94 bits per heavy atom. The van der Waals surface area contributed by atoms with Gasteiger partial charge in [-0.3, -0.25) is 9.59 Å². The van der Waals surface area contributed by atoms with E-state index in [-0.39, 0.29) is 11.9 Å². The second-order valence-electron chi connectivity index (χ2n) is 5.37. The lowest BCUT2D eigenvalue weighted by Gasteiger charge is -2.23. The molecule has 2 saturated carbocycles. The lowest BCUT2D eigenvalue weighted by atomic mass is 9.83. The Kier molecular flexibility index (Phi) is 2.91. The van der Waals surface area contributed by atoms with Gasteiger partial charge in [-0.05, 0) is 38.5 Å². The van der Waals surface area contributed by atoms with Crippen LogP contribution in [0, 0.1) is 11.3 Å². The van der Waals surface area contributed by atoms with Gasteiger partial charge in [0.15, 0.2) is 0 Å². The molecule has 1 amide bonds. The van der Waals surface area contributed by atoms with Gasteiger partial charge in [0.25, 0.3) is 0 Å². The molecule has 2 aliphatic rings. The van der Waals surface area contributed by atoms with Crippen molar-refractivity contribution in [3.8, 4) is 0 Å². The first kappa shape index (κ1) is 11.4. The molecule has 0 aliphatic heterocycles. The van der Waals surface area contributed by atoms with E-state index in [9.17, 15) is 14.7 Å². The highest BCUT2D eigenvalue weighted by atomic mass is 16.4. The average molecular weight is 225 g/mol. The molecule has 0 spiro atoms. The van der Waals surface area contributed by atoms with Crippen LogP contribution in [0.2, 0.25) is 0 Å². The average Bonchev–Trinajstić information content (AvgIpc) is 3.07. The van der Waals surface area contributed by atoms with Crippen molar-refractivity contribution in [2.45, 2.75) is 51.5 Å². The molecule has 1 atom stereocenters. The zero-order chi connectivity index (χ0) is 11.8. The highest BCUT2D eigenvalue weighted by Crippen LogP contribution is 2.38. The number of hydrogen-bond acceptors (Lipinski definition) is 2. The molecule has 2 N–H and O–H groups in total. The molecule has 90 valence electrons. The summed E-state index contributed by atoms with van der Waals surface area (Å²) in [6.45, 7) is 1.55. The molecule has 1 unspecified atom stereocenters. The van der Waals surface area contributed by atoms with E-state index in [4.69, 9.17) is 0 Å². The largest absolute Gasteiger partial charge is 0.480 e. The predicted octanol–water partition coefficient (Wildman–Crippen LogP) is 1.55. The molecule has 0 saturated heterocycles. The van der Waals surface area contributed by atoms with Gasteiger partial charge in [0.05, 0.1) is 0 Å². The molecule has 2 fully saturated rings. The third-order valence-electron chi connectivity index (χ3n) is 3.64. The maximum absolute atomic E-state index is 11.9. The van der Waals surface area contributed by atoms with Crippen LogP contribution in [0.5, 0.6) is 0 Å². The summed E-state index contributed by atoms with van der Waals surface area (Å²) in [7, 11) is 0. The third kappa shape index (κ3) is 2.54. The van der Waals surface area contributed by atoms with Crippen LogP contribution in [0.1, 0.15) is 45.4 Å². The first-order valence-corrected chi connectivity index (χ1v) is 6.07. The normalized spacial score (nSPS) is 23.6. The molecule has 2 rings (SSSR count). The minimum absolute atomic E-state index is 0.229. The number of rotatable bonds is 6. The van der Waals surface area contributed by atoms with E-state index in [0.29, 0.717) is 12.3 Å². The Hall–Kier alpha value is -1.06. The van der Waals surface area contributed by atoms with E-state index in [2.05, 4.69) is 5.32 Å². The van der Waals surface area contributed by atoms with E-state index in [1.807, 2.05) is 0 Å². The van der Waals surface area contributed by atoms with Crippen LogP contribution in [0.15, 0.2) is 0 Å². The zero-order valence-corrected chi connectivity index (χ0v) is 9.66. The number of carbonyl (C=O) groups excluding carboxylic acids is 1. The molecular weight excluding hydrogens is 206 g/mol. The van der Waals surface area contributed by atoms with E-state index >= 15 is 0 Å². The number of aliphatic carboxylic acids is 1. The van der Waals surface area contributed by atoms with Crippen LogP contribution in [0.4, 0.5) is 0 Å². The maximum Gasteiger partial charge on any atom is 0.318 e. The summed E-state index contributed by atoms with van der Waals surface area (Å²) in [5.74, 6) is -0.637. The molecule has 0 aromatic heterocycles. The molecule has 0 heterocycles. The fraction of sp³-hybridized carbons (Fsp3) is 0.833. The number of nitrogens with one attached hydrogen (secondary N) is 1. The summed E-state index contributed by atoms with van der Waals surface area (Å²) in [6, 6.07) is 0.229. The van der Waals surface area contributed by atoms with Crippen LogP contribution in [0.3, 0.4) is 0 Å². The molecule has 4 nitrogen and oxygen atoms in total. The van der Waals surface area contributed by atoms with Gasteiger partial charge >= 0.3 is 5.97 Å². The molecule has 16 heavy (non-hydrogen) atoms. The first-order chi connectivity index (χ1) is 7.52. The van der Waals surface area contributed by atoms with E-state index in [1.54, 1.807) is 6.92 Å². The molecule has 0 bridgehead atoms. The number of hydrogen-bond donors (Lipinski definition) is 2. The first-order valence-electron chi connectivity index (χ1n) is 6.07. The molecule has 0 aromatic carbocycles. The Labute approximate surface area is 95.4 Å². The summed E-state index contributed by atoms with van der Waals surface area (Å²) in [5.41, 5.74) is -1.23. The lowest BCUT2D eigenvalue weighted by molar-refractivity contribution is -0.155. The monoisotopic (exact) mass is 225 g/mol. The Morgan fingerprint density at radius 3 is 2.38 bits per heavy atom. The molecule has 2 aliphatic carbocycles. The number of carbonyl (C=O) groups is 2. The highest BCUT2D eigenvalue weighted by Gasteiger charge is 2.43. The summed E-state index contributed by atoms with van der Waals surface area (Å²) in [4.78, 5) is 23.1. The summed E-state index contributed by atoms with van der Waals surface area (Å²) in [6.07, 6.45) is 5.69. The van der Waals surface area contributed by atoms with E-state index in [0.717, 1.165) is 19.3 Å². The molecule has 4 heteroatoms. The zero-order valence-electron chi connectivity index (χ0n) is 9.66. The molecule has 0 aromatic rings. The van der Waals surface area contributed by atoms with Crippen LogP contribution in [0.25, 0.3) is 0 Å². The maximum atomic E-state index is 11.9. The van der Waals surface area contributed by atoms with Crippen LogP contribution >= 0.6 is 0 Å². The van der Waals surface area contributed by atoms with Gasteiger partial charge in [0.2, 0.25) is 5.91 Å². The van der Waals surface area contributed by atoms with Gasteiger partial charge in [-0.1, -0.05) is 12.8 Å². The predicted molar refractivity (Wildman–Crippen MR) is 58.9 cm³/mol. The molecule has 0 radical (unpaired) electrons. The van der Waals surface area contributed by atoms with E-state index in [1.165, 1.54) is 12.8 Å². The molecular formula is C12H19NO3. The Morgan fingerprint density at radius 1 is 1.31 bits per heavy atom. The summed E-state index contributed by atoms with van der Waals surface area (Å²) >= 11 is 0. The van der Waals surface area contributed by atoms with Gasteiger partial charge < -0.3 is 10.4 Å². The summed E-state index contributed by atoms with van der Waals surface area (Å²) in [5, 5.41) is 12.0. The van der Waals surface area contributed by atoms with Crippen molar-refractivity contribution in [1.82, 2.24) is 5.32 Å². The minimum atomic E-state index is -1.23. The summed E-state index contributed by atoms with van der Waals surface area (Å²) < 4.78 is 0.